The highest BCUT2D eigenvalue weighted by atomic mass is 35.5. The Morgan fingerprint density at radius 2 is 2.00 bits per heavy atom. The van der Waals surface area contributed by atoms with Crippen LogP contribution in [0.3, 0.4) is 0 Å². The standard InChI is InChI=1S/C15H16ClF3N2O4/c1-3-25-14(24)9-8-5-4-6-21(8)11(10(9)16)12(22)13(23)20-7(2)15(17,18)19/h7H,3-6H2,1-2H3,(H,20,23)/t7-/m0/s1. The quantitative estimate of drug-likeness (QED) is 0.484. The van der Waals surface area contributed by atoms with Gasteiger partial charge in [-0.3, -0.25) is 9.59 Å². The number of carbonyl (C=O) groups is 3. The van der Waals surface area contributed by atoms with Crippen molar-refractivity contribution in [1.29, 1.82) is 0 Å². The molecule has 2 rings (SSSR count). The van der Waals surface area contributed by atoms with Gasteiger partial charge in [0.25, 0.3) is 11.7 Å². The maximum absolute atomic E-state index is 12.6. The number of ketones is 1. The molecule has 1 aromatic heterocycles. The molecule has 0 spiro atoms. The molecule has 25 heavy (non-hydrogen) atoms. The molecule has 1 amide bonds. The average Bonchev–Trinajstić information content (AvgIpc) is 3.04. The summed E-state index contributed by atoms with van der Waals surface area (Å²) in [5.74, 6) is -3.39. The lowest BCUT2D eigenvalue weighted by Crippen LogP contribution is -2.46. The predicted octanol–water partition coefficient (Wildman–Crippen LogP) is 2.51. The molecule has 0 bridgehead atoms. The molecule has 0 aliphatic carbocycles. The van der Waals surface area contributed by atoms with Crippen LogP contribution in [0.5, 0.6) is 0 Å². The maximum atomic E-state index is 12.6. The number of fused-ring (bicyclic) bond motifs is 1. The van der Waals surface area contributed by atoms with Crippen molar-refractivity contribution in [2.45, 2.75) is 45.5 Å². The Morgan fingerprint density at radius 1 is 1.36 bits per heavy atom. The molecular formula is C15H16ClF3N2O4. The Labute approximate surface area is 146 Å². The molecule has 1 N–H and O–H groups in total. The highest BCUT2D eigenvalue weighted by Crippen LogP contribution is 2.34. The van der Waals surface area contributed by atoms with Crippen molar-refractivity contribution in [2.24, 2.45) is 0 Å². The minimum atomic E-state index is -4.68. The topological polar surface area (TPSA) is 77.4 Å². The monoisotopic (exact) mass is 380 g/mol. The second-order valence-corrected chi connectivity index (χ2v) is 5.90. The third-order valence-corrected chi connectivity index (χ3v) is 4.21. The fourth-order valence-corrected chi connectivity index (χ4v) is 3.00. The van der Waals surface area contributed by atoms with Crippen molar-refractivity contribution >= 4 is 29.3 Å². The van der Waals surface area contributed by atoms with E-state index >= 15 is 0 Å². The van der Waals surface area contributed by atoms with E-state index in [4.69, 9.17) is 16.3 Å². The molecule has 0 saturated carbocycles. The average molecular weight is 381 g/mol. The number of amides is 1. The number of hydrogen-bond donors (Lipinski definition) is 1. The molecule has 1 atom stereocenters. The van der Waals surface area contributed by atoms with Crippen molar-refractivity contribution in [1.82, 2.24) is 9.88 Å². The van der Waals surface area contributed by atoms with Crippen molar-refractivity contribution in [2.75, 3.05) is 6.61 Å². The van der Waals surface area contributed by atoms with Crippen LogP contribution >= 0.6 is 11.6 Å². The zero-order valence-electron chi connectivity index (χ0n) is 13.5. The van der Waals surface area contributed by atoms with Gasteiger partial charge in [-0.15, -0.1) is 0 Å². The van der Waals surface area contributed by atoms with Crippen LogP contribution in [-0.4, -0.2) is 41.1 Å². The first-order valence-electron chi connectivity index (χ1n) is 7.59. The second kappa shape index (κ2) is 7.07. The van der Waals surface area contributed by atoms with E-state index in [1.807, 2.05) is 0 Å². The van der Waals surface area contributed by atoms with E-state index in [0.29, 0.717) is 25.1 Å². The van der Waals surface area contributed by atoms with Crippen LogP contribution in [0.1, 0.15) is 46.8 Å². The molecule has 138 valence electrons. The van der Waals surface area contributed by atoms with E-state index in [1.165, 1.54) is 4.57 Å². The first-order valence-corrected chi connectivity index (χ1v) is 7.97. The number of halogens is 4. The molecule has 10 heteroatoms. The van der Waals surface area contributed by atoms with Crippen LogP contribution in [0, 0.1) is 0 Å². The molecule has 0 aromatic carbocycles. The van der Waals surface area contributed by atoms with Crippen LogP contribution in [0.2, 0.25) is 5.02 Å². The number of alkyl halides is 3. The van der Waals surface area contributed by atoms with Crippen molar-refractivity contribution in [3.63, 3.8) is 0 Å². The van der Waals surface area contributed by atoms with Gasteiger partial charge < -0.3 is 14.6 Å². The summed E-state index contributed by atoms with van der Waals surface area (Å²) in [7, 11) is 0. The van der Waals surface area contributed by atoms with Crippen molar-refractivity contribution < 1.29 is 32.3 Å². The van der Waals surface area contributed by atoms with Gasteiger partial charge in [0.1, 0.15) is 11.7 Å². The van der Waals surface area contributed by atoms with Gasteiger partial charge >= 0.3 is 12.1 Å². The van der Waals surface area contributed by atoms with Gasteiger partial charge in [-0.05, 0) is 26.7 Å². The summed E-state index contributed by atoms with van der Waals surface area (Å²) in [6.07, 6.45) is -3.63. The van der Waals surface area contributed by atoms with Gasteiger partial charge in [0.15, 0.2) is 0 Å². The Balaban J connectivity index is 2.36. The summed E-state index contributed by atoms with van der Waals surface area (Å²) in [6, 6.07) is -2.19. The number of esters is 1. The highest BCUT2D eigenvalue weighted by Gasteiger charge is 2.40. The lowest BCUT2D eigenvalue weighted by Gasteiger charge is -2.16. The SMILES string of the molecule is CCOC(=O)c1c(Cl)c(C(=O)C(=O)N[C@@H](C)C(F)(F)F)n2c1CCC2. The Hall–Kier alpha value is -2.03. The van der Waals surface area contributed by atoms with Crippen molar-refractivity contribution in [3.05, 3.63) is 22.0 Å². The van der Waals surface area contributed by atoms with E-state index in [-0.39, 0.29) is 22.9 Å². The number of rotatable bonds is 5. The molecule has 2 heterocycles. The fourth-order valence-electron chi connectivity index (χ4n) is 2.63. The number of nitrogens with zero attached hydrogens (tertiary/aromatic N) is 1. The van der Waals surface area contributed by atoms with Crippen LogP contribution < -0.4 is 5.32 Å². The largest absolute Gasteiger partial charge is 0.462 e. The number of ether oxygens (including phenoxy) is 1. The Bertz CT molecular complexity index is 727. The van der Waals surface area contributed by atoms with E-state index < -0.39 is 29.9 Å². The minimum absolute atomic E-state index is 0.0129. The first kappa shape index (κ1) is 19.3. The van der Waals surface area contributed by atoms with Gasteiger partial charge in [-0.25, -0.2) is 4.79 Å². The lowest BCUT2D eigenvalue weighted by molar-refractivity contribution is -0.156. The van der Waals surface area contributed by atoms with Gasteiger partial charge in [0.05, 0.1) is 17.2 Å². The van der Waals surface area contributed by atoms with Gasteiger partial charge in [0.2, 0.25) is 0 Å². The molecule has 0 fully saturated rings. The molecule has 1 aromatic rings. The number of Topliss-reactive ketones (excluding diaryl/α,β-unsaturated/α-hetero) is 1. The van der Waals surface area contributed by atoms with Crippen molar-refractivity contribution in [3.8, 4) is 0 Å². The van der Waals surface area contributed by atoms with E-state index in [2.05, 4.69) is 0 Å². The van der Waals surface area contributed by atoms with Crippen LogP contribution in [-0.2, 0) is 22.5 Å². The Kier molecular flexibility index (Phi) is 5.46. The third kappa shape index (κ3) is 3.65. The highest BCUT2D eigenvalue weighted by molar-refractivity contribution is 6.47. The van der Waals surface area contributed by atoms with Crippen LogP contribution in [0.15, 0.2) is 0 Å². The molecule has 0 unspecified atom stereocenters. The molecule has 1 aliphatic rings. The summed E-state index contributed by atoms with van der Waals surface area (Å²) in [4.78, 5) is 36.3. The number of nitrogens with one attached hydrogen (secondary N) is 1. The molecular weight excluding hydrogens is 365 g/mol. The summed E-state index contributed by atoms with van der Waals surface area (Å²) in [5, 5.41) is 1.33. The summed E-state index contributed by atoms with van der Waals surface area (Å²) < 4.78 is 43.9. The zero-order valence-corrected chi connectivity index (χ0v) is 14.3. The minimum Gasteiger partial charge on any atom is -0.462 e. The molecule has 6 nitrogen and oxygen atoms in total. The Morgan fingerprint density at radius 3 is 2.56 bits per heavy atom. The number of hydrogen-bond acceptors (Lipinski definition) is 4. The van der Waals surface area contributed by atoms with E-state index in [1.54, 1.807) is 12.2 Å². The third-order valence-electron chi connectivity index (χ3n) is 3.85. The predicted molar refractivity (Wildman–Crippen MR) is 81.7 cm³/mol. The summed E-state index contributed by atoms with van der Waals surface area (Å²) >= 11 is 6.10. The normalized spacial score (nSPS) is 14.8. The zero-order chi connectivity index (χ0) is 18.9. The molecule has 0 radical (unpaired) electrons. The van der Waals surface area contributed by atoms with E-state index in [9.17, 15) is 27.6 Å². The van der Waals surface area contributed by atoms with Gasteiger partial charge in [-0.1, -0.05) is 11.6 Å². The van der Waals surface area contributed by atoms with Gasteiger partial charge in [-0.2, -0.15) is 13.2 Å². The maximum Gasteiger partial charge on any atom is 0.408 e. The number of aromatic nitrogens is 1. The second-order valence-electron chi connectivity index (χ2n) is 5.53. The smallest absolute Gasteiger partial charge is 0.408 e. The lowest BCUT2D eigenvalue weighted by atomic mass is 10.1. The molecule has 0 saturated heterocycles. The van der Waals surface area contributed by atoms with E-state index in [0.717, 1.165) is 6.92 Å². The van der Waals surface area contributed by atoms with Gasteiger partial charge in [0, 0.05) is 12.2 Å². The first-order chi connectivity index (χ1) is 11.6. The summed E-state index contributed by atoms with van der Waals surface area (Å²) in [6.45, 7) is 2.74. The van der Waals surface area contributed by atoms with Crippen LogP contribution in [0.4, 0.5) is 13.2 Å². The molecule has 1 aliphatic heterocycles. The fraction of sp³-hybridized carbons (Fsp3) is 0.533. The summed E-state index contributed by atoms with van der Waals surface area (Å²) in [5.41, 5.74) is 0.147. The van der Waals surface area contributed by atoms with Crippen LogP contribution in [0.25, 0.3) is 0 Å². The number of carbonyl (C=O) groups excluding carboxylic acids is 3.